The predicted octanol–water partition coefficient (Wildman–Crippen LogP) is 2.33. The largest absolute Gasteiger partial charge is 0.385 e. The van der Waals surface area contributed by atoms with Crippen LogP contribution in [-0.2, 0) is 11.2 Å². The Hall–Kier alpha value is -2.47. The summed E-state index contributed by atoms with van der Waals surface area (Å²) in [6, 6.07) is 8.35. The number of benzene rings is 1. The number of ether oxygens (including phenoxy) is 1. The number of rotatable bonds is 6. The van der Waals surface area contributed by atoms with Gasteiger partial charge in [-0.2, -0.15) is 0 Å². The fourth-order valence-corrected chi connectivity index (χ4v) is 2.86. The maximum atomic E-state index is 12.0. The Morgan fingerprint density at radius 1 is 1.29 bits per heavy atom. The lowest BCUT2D eigenvalue weighted by Gasteiger charge is -2.30. The molecule has 3 rings (SSSR count). The number of nitrogens with zero attached hydrogens (tertiary/aromatic N) is 3. The summed E-state index contributed by atoms with van der Waals surface area (Å²) in [6.45, 7) is 2.10. The summed E-state index contributed by atoms with van der Waals surface area (Å²) >= 11 is 0. The van der Waals surface area contributed by atoms with Crippen LogP contribution in [0.1, 0.15) is 28.9 Å². The smallest absolute Gasteiger partial charge is 0.271 e. The van der Waals surface area contributed by atoms with Crippen molar-refractivity contribution in [2.24, 2.45) is 0 Å². The molecule has 0 fully saturated rings. The summed E-state index contributed by atoms with van der Waals surface area (Å²) in [4.78, 5) is 22.9. The lowest BCUT2D eigenvalue weighted by Crippen LogP contribution is -2.28. The molecule has 0 radical (unpaired) electrons. The van der Waals surface area contributed by atoms with Gasteiger partial charge in [-0.15, -0.1) is 0 Å². The van der Waals surface area contributed by atoms with Gasteiger partial charge < -0.3 is 15.0 Å². The van der Waals surface area contributed by atoms with Crippen LogP contribution >= 0.6 is 0 Å². The number of amides is 1. The number of carbonyl (C=O) groups is 1. The Morgan fingerprint density at radius 3 is 2.96 bits per heavy atom. The van der Waals surface area contributed by atoms with E-state index in [1.807, 2.05) is 6.07 Å². The minimum atomic E-state index is -0.204. The second-order valence-electron chi connectivity index (χ2n) is 5.75. The van der Waals surface area contributed by atoms with E-state index >= 15 is 0 Å². The van der Waals surface area contributed by atoms with Crippen LogP contribution in [0.25, 0.3) is 0 Å². The lowest BCUT2D eigenvalue weighted by molar-refractivity contribution is 0.0943. The van der Waals surface area contributed by atoms with Crippen LogP contribution in [0.15, 0.2) is 36.7 Å². The van der Waals surface area contributed by atoms with Gasteiger partial charge in [0.15, 0.2) is 5.82 Å². The monoisotopic (exact) mass is 326 g/mol. The minimum absolute atomic E-state index is 0.204. The van der Waals surface area contributed by atoms with E-state index in [9.17, 15) is 4.79 Å². The topological polar surface area (TPSA) is 67.3 Å². The van der Waals surface area contributed by atoms with E-state index in [0.717, 1.165) is 31.6 Å². The van der Waals surface area contributed by atoms with Gasteiger partial charge in [0.1, 0.15) is 5.69 Å². The molecule has 1 aliphatic rings. The first-order valence-electron chi connectivity index (χ1n) is 8.24. The molecular weight excluding hydrogens is 304 g/mol. The third-order valence-corrected chi connectivity index (χ3v) is 4.07. The number of nitrogens with one attached hydrogen (secondary N) is 1. The summed E-state index contributed by atoms with van der Waals surface area (Å²) in [5, 5.41) is 2.81. The van der Waals surface area contributed by atoms with Crippen LogP contribution in [0.2, 0.25) is 0 Å². The van der Waals surface area contributed by atoms with E-state index in [2.05, 4.69) is 38.4 Å². The van der Waals surface area contributed by atoms with Crippen LogP contribution in [0, 0.1) is 0 Å². The quantitative estimate of drug-likeness (QED) is 0.825. The zero-order valence-electron chi connectivity index (χ0n) is 13.9. The van der Waals surface area contributed by atoms with Crippen molar-refractivity contribution in [1.82, 2.24) is 15.3 Å². The van der Waals surface area contributed by atoms with Crippen molar-refractivity contribution < 1.29 is 9.53 Å². The minimum Gasteiger partial charge on any atom is -0.385 e. The Labute approximate surface area is 141 Å². The van der Waals surface area contributed by atoms with Crippen molar-refractivity contribution in [1.29, 1.82) is 0 Å². The molecule has 24 heavy (non-hydrogen) atoms. The fraction of sp³-hybridized carbons (Fsp3) is 0.389. The highest BCUT2D eigenvalue weighted by atomic mass is 16.5. The molecule has 1 amide bonds. The van der Waals surface area contributed by atoms with E-state index in [-0.39, 0.29) is 5.91 Å². The van der Waals surface area contributed by atoms with Gasteiger partial charge in [0.25, 0.3) is 5.91 Å². The number of para-hydroxylation sites is 1. The van der Waals surface area contributed by atoms with Crippen LogP contribution in [0.3, 0.4) is 0 Å². The van der Waals surface area contributed by atoms with Gasteiger partial charge in [0.2, 0.25) is 0 Å². The molecule has 6 heteroatoms. The zero-order chi connectivity index (χ0) is 16.8. The first-order chi connectivity index (χ1) is 11.8. The molecule has 0 atom stereocenters. The van der Waals surface area contributed by atoms with Gasteiger partial charge in [-0.25, -0.2) is 9.97 Å². The van der Waals surface area contributed by atoms with Crippen LogP contribution in [0.5, 0.6) is 0 Å². The molecule has 1 N–H and O–H groups in total. The van der Waals surface area contributed by atoms with E-state index in [1.54, 1.807) is 13.3 Å². The molecule has 6 nitrogen and oxygen atoms in total. The van der Waals surface area contributed by atoms with Crippen LogP contribution in [0.4, 0.5) is 11.5 Å². The lowest BCUT2D eigenvalue weighted by atomic mass is 10.0. The van der Waals surface area contributed by atoms with Crippen molar-refractivity contribution in [3.63, 3.8) is 0 Å². The highest BCUT2D eigenvalue weighted by Crippen LogP contribution is 2.31. The van der Waals surface area contributed by atoms with E-state index in [1.165, 1.54) is 17.4 Å². The summed E-state index contributed by atoms with van der Waals surface area (Å²) in [5.74, 6) is 0.572. The molecule has 0 unspecified atom stereocenters. The second-order valence-corrected chi connectivity index (χ2v) is 5.75. The summed E-state index contributed by atoms with van der Waals surface area (Å²) < 4.78 is 4.96. The zero-order valence-corrected chi connectivity index (χ0v) is 13.9. The molecule has 0 aliphatic carbocycles. The second kappa shape index (κ2) is 7.88. The molecule has 1 aliphatic heterocycles. The molecule has 0 bridgehead atoms. The number of anilines is 2. The first-order valence-corrected chi connectivity index (χ1v) is 8.24. The highest BCUT2D eigenvalue weighted by Gasteiger charge is 2.19. The predicted molar refractivity (Wildman–Crippen MR) is 92.6 cm³/mol. The molecule has 0 saturated carbocycles. The standard InChI is InChI=1S/C18H22N4O2/c1-24-11-5-9-19-18(23)15-12-21-17(13-20-15)22-10-4-7-14-6-2-3-8-16(14)22/h2-3,6,8,12-13H,4-5,7,9-11H2,1H3,(H,19,23). The number of hydrogen-bond acceptors (Lipinski definition) is 5. The molecule has 1 aromatic carbocycles. The van der Waals surface area contributed by atoms with Crippen LogP contribution in [-0.4, -0.2) is 42.7 Å². The van der Waals surface area contributed by atoms with Gasteiger partial charge in [-0.05, 0) is 30.9 Å². The molecule has 2 aromatic rings. The molecule has 0 spiro atoms. The van der Waals surface area contributed by atoms with Crippen molar-refractivity contribution in [2.45, 2.75) is 19.3 Å². The Balaban J connectivity index is 1.68. The van der Waals surface area contributed by atoms with Crippen molar-refractivity contribution in [3.05, 3.63) is 47.9 Å². The number of aromatic nitrogens is 2. The average molecular weight is 326 g/mol. The summed E-state index contributed by atoms with van der Waals surface area (Å²) in [5.41, 5.74) is 2.83. The Bertz CT molecular complexity index is 688. The van der Waals surface area contributed by atoms with E-state index in [0.29, 0.717) is 18.8 Å². The van der Waals surface area contributed by atoms with Gasteiger partial charge in [0.05, 0.1) is 12.4 Å². The van der Waals surface area contributed by atoms with Crippen molar-refractivity contribution in [2.75, 3.05) is 31.7 Å². The maximum Gasteiger partial charge on any atom is 0.271 e. The molecule has 2 heterocycles. The normalized spacial score (nSPS) is 13.5. The summed E-state index contributed by atoms with van der Waals surface area (Å²) in [7, 11) is 1.64. The molecular formula is C18H22N4O2. The number of carbonyl (C=O) groups excluding carboxylic acids is 1. The van der Waals surface area contributed by atoms with Crippen molar-refractivity contribution >= 4 is 17.4 Å². The first kappa shape index (κ1) is 16.4. The average Bonchev–Trinajstić information content (AvgIpc) is 2.65. The third-order valence-electron chi connectivity index (χ3n) is 4.07. The van der Waals surface area contributed by atoms with Gasteiger partial charge in [0, 0.05) is 32.5 Å². The van der Waals surface area contributed by atoms with E-state index in [4.69, 9.17) is 4.74 Å². The van der Waals surface area contributed by atoms with Gasteiger partial charge in [-0.1, -0.05) is 18.2 Å². The number of hydrogen-bond donors (Lipinski definition) is 1. The van der Waals surface area contributed by atoms with E-state index < -0.39 is 0 Å². The Morgan fingerprint density at radius 2 is 2.17 bits per heavy atom. The SMILES string of the molecule is COCCCNC(=O)c1cnc(N2CCCc3ccccc32)cn1. The molecule has 1 aromatic heterocycles. The van der Waals surface area contributed by atoms with Crippen molar-refractivity contribution in [3.8, 4) is 0 Å². The number of methoxy groups -OCH3 is 1. The Kier molecular flexibility index (Phi) is 5.38. The highest BCUT2D eigenvalue weighted by molar-refractivity contribution is 5.92. The third kappa shape index (κ3) is 3.71. The molecule has 0 saturated heterocycles. The fourth-order valence-electron chi connectivity index (χ4n) is 2.86. The van der Waals surface area contributed by atoms with Gasteiger partial charge >= 0.3 is 0 Å². The number of aryl methyl sites for hydroxylation is 1. The maximum absolute atomic E-state index is 12.0. The van der Waals surface area contributed by atoms with Crippen LogP contribution < -0.4 is 10.2 Å². The summed E-state index contributed by atoms with van der Waals surface area (Å²) in [6.07, 6.45) is 6.16. The number of fused-ring (bicyclic) bond motifs is 1. The molecule has 126 valence electrons. The van der Waals surface area contributed by atoms with Gasteiger partial charge in [-0.3, -0.25) is 4.79 Å².